The van der Waals surface area contributed by atoms with Gasteiger partial charge in [-0.1, -0.05) is 31.9 Å². The zero-order chi connectivity index (χ0) is 15.4. The van der Waals surface area contributed by atoms with Crippen LogP contribution in [0, 0.1) is 23.7 Å². The fourth-order valence-corrected chi connectivity index (χ4v) is 3.72. The number of fused-ring (bicyclic) bond motifs is 1. The van der Waals surface area contributed by atoms with Gasteiger partial charge in [-0.2, -0.15) is 0 Å². The molecule has 1 fully saturated rings. The number of rotatable bonds is 4. The van der Waals surface area contributed by atoms with Crippen molar-refractivity contribution in [1.82, 2.24) is 0 Å². The lowest BCUT2D eigenvalue weighted by atomic mass is 9.64. The highest BCUT2D eigenvalue weighted by atomic mass is 16.5. The predicted octanol–water partition coefficient (Wildman–Crippen LogP) is 3.19. The van der Waals surface area contributed by atoms with Crippen LogP contribution in [-0.4, -0.2) is 24.0 Å². The van der Waals surface area contributed by atoms with Crippen LogP contribution in [0.1, 0.15) is 39.0 Å². The van der Waals surface area contributed by atoms with Crippen LogP contribution in [0.2, 0.25) is 0 Å². The van der Waals surface area contributed by atoms with Crippen LogP contribution >= 0.6 is 0 Å². The molecule has 0 aromatic carbocycles. The Balaban J connectivity index is 2.12. The van der Waals surface area contributed by atoms with E-state index in [-0.39, 0.29) is 24.0 Å². The number of ketones is 1. The first kappa shape index (κ1) is 15.8. The molecule has 2 aliphatic carbocycles. The molecule has 0 spiro atoms. The van der Waals surface area contributed by atoms with Gasteiger partial charge < -0.3 is 9.84 Å². The molecule has 1 N–H and O–H groups in total. The Morgan fingerprint density at radius 2 is 2.00 bits per heavy atom. The summed E-state index contributed by atoms with van der Waals surface area (Å²) in [5, 5.41) is 10.4. The summed E-state index contributed by atoms with van der Waals surface area (Å²) in [5.74, 6) is 0.267. The van der Waals surface area contributed by atoms with Crippen molar-refractivity contribution in [3.05, 3.63) is 24.0 Å². The van der Waals surface area contributed by atoms with E-state index in [2.05, 4.69) is 23.8 Å². The molecule has 0 unspecified atom stereocenters. The Morgan fingerprint density at radius 3 is 2.71 bits per heavy atom. The molecule has 0 aromatic heterocycles. The van der Waals surface area contributed by atoms with Crippen molar-refractivity contribution in [2.24, 2.45) is 23.7 Å². The van der Waals surface area contributed by atoms with Crippen molar-refractivity contribution < 1.29 is 19.4 Å². The van der Waals surface area contributed by atoms with Gasteiger partial charge in [0, 0.05) is 12.0 Å². The van der Waals surface area contributed by atoms with Crippen LogP contribution in [0.4, 0.5) is 0 Å². The lowest BCUT2D eigenvalue weighted by molar-refractivity contribution is -0.142. The second kappa shape index (κ2) is 6.92. The molecule has 0 aliphatic heterocycles. The summed E-state index contributed by atoms with van der Waals surface area (Å²) in [4.78, 5) is 22.9. The summed E-state index contributed by atoms with van der Waals surface area (Å²) in [7, 11) is 1.25. The molecule has 2 rings (SSSR count). The summed E-state index contributed by atoms with van der Waals surface area (Å²) in [5.41, 5.74) is 0. The highest BCUT2D eigenvalue weighted by molar-refractivity contribution is 6.02. The third-order valence-electron chi connectivity index (χ3n) is 4.76. The molecule has 0 radical (unpaired) electrons. The Bertz CT molecular complexity index is 463. The molecule has 4 nitrogen and oxygen atoms in total. The summed E-state index contributed by atoms with van der Waals surface area (Å²) in [6.45, 7) is 2.07. The Hall–Kier alpha value is -1.58. The fourth-order valence-electron chi connectivity index (χ4n) is 3.72. The first-order valence-electron chi connectivity index (χ1n) is 7.71. The van der Waals surface area contributed by atoms with Gasteiger partial charge in [0.05, 0.1) is 12.9 Å². The third-order valence-corrected chi connectivity index (χ3v) is 4.76. The van der Waals surface area contributed by atoms with Crippen LogP contribution in [-0.2, 0) is 14.3 Å². The van der Waals surface area contributed by atoms with Gasteiger partial charge in [-0.25, -0.2) is 0 Å². The molecular formula is C17H24O4. The number of hydrogen-bond acceptors (Lipinski definition) is 4. The van der Waals surface area contributed by atoms with E-state index in [1.54, 1.807) is 0 Å². The molecule has 21 heavy (non-hydrogen) atoms. The van der Waals surface area contributed by atoms with Crippen LogP contribution in [0.25, 0.3) is 0 Å². The first-order chi connectivity index (χ1) is 10.0. The number of aliphatic hydroxyl groups is 1. The topological polar surface area (TPSA) is 63.6 Å². The number of methoxy groups -OCH3 is 1. The van der Waals surface area contributed by atoms with E-state index < -0.39 is 11.8 Å². The van der Waals surface area contributed by atoms with E-state index in [1.165, 1.54) is 26.0 Å². The number of allylic oxidation sites excluding steroid dienone is 4. The Morgan fingerprint density at radius 1 is 1.29 bits per heavy atom. The largest absolute Gasteiger partial charge is 0.512 e. The van der Waals surface area contributed by atoms with E-state index in [1.807, 2.05) is 0 Å². The van der Waals surface area contributed by atoms with Crippen molar-refractivity contribution in [3.8, 4) is 0 Å². The number of aliphatic hydroxyl groups excluding tert-OH is 1. The molecule has 0 saturated heterocycles. The highest BCUT2D eigenvalue weighted by Crippen LogP contribution is 2.45. The first-order valence-corrected chi connectivity index (χ1v) is 7.71. The van der Waals surface area contributed by atoms with Gasteiger partial charge in [-0.3, -0.25) is 9.59 Å². The molecule has 116 valence electrons. The van der Waals surface area contributed by atoms with Crippen molar-refractivity contribution in [2.75, 3.05) is 7.11 Å². The maximum atomic E-state index is 11.8. The van der Waals surface area contributed by atoms with Crippen LogP contribution in [0.3, 0.4) is 0 Å². The number of carbonyl (C=O) groups is 2. The quantitative estimate of drug-likeness (QED) is 0.284. The van der Waals surface area contributed by atoms with E-state index in [0.717, 1.165) is 12.8 Å². The molecule has 0 amide bonds. The van der Waals surface area contributed by atoms with Crippen molar-refractivity contribution in [2.45, 2.75) is 39.0 Å². The molecule has 0 bridgehead atoms. The Kier molecular flexibility index (Phi) is 5.21. The molecule has 0 heterocycles. The summed E-state index contributed by atoms with van der Waals surface area (Å²) in [6, 6.07) is 0. The lowest BCUT2D eigenvalue weighted by Gasteiger charge is -2.41. The number of esters is 1. The van der Waals surface area contributed by atoms with Crippen molar-refractivity contribution in [3.63, 3.8) is 0 Å². The van der Waals surface area contributed by atoms with Crippen molar-refractivity contribution in [1.29, 1.82) is 0 Å². The van der Waals surface area contributed by atoms with Gasteiger partial charge in [-0.05, 0) is 30.6 Å². The van der Waals surface area contributed by atoms with Gasteiger partial charge in [-0.15, -0.1) is 0 Å². The van der Waals surface area contributed by atoms with E-state index >= 15 is 0 Å². The number of carbonyl (C=O) groups excluding carboxylic acids is 2. The number of hydrogen-bond donors (Lipinski definition) is 1. The standard InChI is InChI=1S/C17H24O4/c1-11-7-8-12-5-3-4-6-14(12)17(11)15(19)9-13(18)10-16(20)21-2/h7-9,11-12,14,17,19H,3-6,10H2,1-2H3/b15-9-/t11-,12+,14-,17-/m1/s1. The average molecular weight is 292 g/mol. The maximum Gasteiger partial charge on any atom is 0.313 e. The monoisotopic (exact) mass is 292 g/mol. The summed E-state index contributed by atoms with van der Waals surface area (Å²) >= 11 is 0. The van der Waals surface area contributed by atoms with Gasteiger partial charge in [0.2, 0.25) is 0 Å². The fraction of sp³-hybridized carbons (Fsp3) is 0.647. The van der Waals surface area contributed by atoms with Gasteiger partial charge in [0.15, 0.2) is 5.78 Å². The molecule has 4 heteroatoms. The van der Waals surface area contributed by atoms with Crippen molar-refractivity contribution >= 4 is 11.8 Å². The third kappa shape index (κ3) is 3.74. The molecule has 4 atom stereocenters. The zero-order valence-electron chi connectivity index (χ0n) is 12.7. The van der Waals surface area contributed by atoms with Crippen LogP contribution in [0.15, 0.2) is 24.0 Å². The SMILES string of the molecule is COC(=O)CC(=O)/C=C(\O)[C@H]1[C@@H]2CCCC[C@H]2C=C[C@H]1C. The minimum Gasteiger partial charge on any atom is -0.512 e. The molecule has 1 saturated carbocycles. The highest BCUT2D eigenvalue weighted by Gasteiger charge is 2.38. The summed E-state index contributed by atoms with van der Waals surface area (Å²) < 4.78 is 4.47. The molecule has 2 aliphatic rings. The molecular weight excluding hydrogens is 268 g/mol. The average Bonchev–Trinajstić information content (AvgIpc) is 2.46. The molecule has 0 aromatic rings. The van der Waals surface area contributed by atoms with Gasteiger partial charge in [0.1, 0.15) is 6.42 Å². The van der Waals surface area contributed by atoms with Gasteiger partial charge in [0.25, 0.3) is 0 Å². The van der Waals surface area contributed by atoms with E-state index in [9.17, 15) is 14.7 Å². The number of ether oxygens (including phenoxy) is 1. The normalized spacial score (nSPS) is 32.4. The second-order valence-electron chi connectivity index (χ2n) is 6.17. The Labute approximate surface area is 125 Å². The summed E-state index contributed by atoms with van der Waals surface area (Å²) in [6.07, 6.45) is 10.00. The van der Waals surface area contributed by atoms with E-state index in [0.29, 0.717) is 11.8 Å². The minimum absolute atomic E-state index is 0.0121. The predicted molar refractivity (Wildman–Crippen MR) is 79.6 cm³/mol. The zero-order valence-corrected chi connectivity index (χ0v) is 12.7. The maximum absolute atomic E-state index is 11.8. The second-order valence-corrected chi connectivity index (χ2v) is 6.17. The van der Waals surface area contributed by atoms with Crippen LogP contribution in [0.5, 0.6) is 0 Å². The smallest absolute Gasteiger partial charge is 0.313 e. The van der Waals surface area contributed by atoms with E-state index in [4.69, 9.17) is 0 Å². The lowest BCUT2D eigenvalue weighted by Crippen LogP contribution is -2.34. The minimum atomic E-state index is -0.573. The van der Waals surface area contributed by atoms with Crippen LogP contribution < -0.4 is 0 Å². The van der Waals surface area contributed by atoms with Gasteiger partial charge >= 0.3 is 5.97 Å².